The van der Waals surface area contributed by atoms with Crippen LogP contribution in [0.2, 0.25) is 0 Å². The van der Waals surface area contributed by atoms with E-state index in [0.717, 1.165) is 55.3 Å². The predicted octanol–water partition coefficient (Wildman–Crippen LogP) is 13.0. The van der Waals surface area contributed by atoms with Crippen LogP contribution in [0, 0.1) is 0 Å². The van der Waals surface area contributed by atoms with Crippen molar-refractivity contribution >= 4 is 110 Å². The van der Waals surface area contributed by atoms with Crippen LogP contribution in [0.1, 0.15) is 0 Å². The van der Waals surface area contributed by atoms with E-state index in [2.05, 4.69) is 205 Å². The average molecular weight is 827 g/mol. The fourth-order valence-electron chi connectivity index (χ4n) is 9.60. The van der Waals surface area contributed by atoms with Crippen molar-refractivity contribution in [3.8, 4) is 11.5 Å². The van der Waals surface area contributed by atoms with Crippen LogP contribution in [-0.4, -0.2) is 13.1 Å². The monoisotopic (exact) mass is 826 g/mol. The molecule has 0 spiro atoms. The summed E-state index contributed by atoms with van der Waals surface area (Å²) in [4.78, 5) is 7.42. The number of fused-ring (bicyclic) bond motifs is 8. The Kier molecular flexibility index (Phi) is 8.70. The fraction of sp³-hybridized carbons (Fsp3) is 0. The van der Waals surface area contributed by atoms with Gasteiger partial charge in [0.15, 0.2) is 13.7 Å². The van der Waals surface area contributed by atoms with E-state index in [0.29, 0.717) is 5.89 Å². The lowest BCUT2D eigenvalue weighted by molar-refractivity contribution is 0.623. The van der Waals surface area contributed by atoms with Crippen LogP contribution in [-0.2, 0) is 0 Å². The Morgan fingerprint density at radius 3 is 1.65 bits per heavy atom. The molecule has 0 aliphatic rings. The number of hydrogen-bond donors (Lipinski definition) is 0. The van der Waals surface area contributed by atoms with Crippen molar-refractivity contribution in [2.24, 2.45) is 0 Å². The highest BCUT2D eigenvalue weighted by atomic mass is 32.1. The summed E-state index contributed by atoms with van der Waals surface area (Å²) in [6, 6.07) is 84.2. The normalized spacial score (nSPS) is 11.9. The fourth-order valence-corrected chi connectivity index (χ4v) is 15.5. The SMILES string of the molecule is c1ccc(-c2nc3ccc4ccc5ccc(N(c6cccc([Si](c7ccccc7)(c7ccccc7)c7ccccc7)c6)c6ccc7sc8ccccc8c7c6)cc5c4c3o2)cc1. The first-order valence-corrected chi connectivity index (χ1v) is 23.8. The van der Waals surface area contributed by atoms with Gasteiger partial charge >= 0.3 is 0 Å². The highest BCUT2D eigenvalue weighted by Gasteiger charge is 2.41. The van der Waals surface area contributed by atoms with Gasteiger partial charge in [-0.15, -0.1) is 11.3 Å². The second kappa shape index (κ2) is 14.9. The number of rotatable bonds is 8. The molecule has 2 heterocycles. The molecule has 12 aromatic rings. The van der Waals surface area contributed by atoms with Crippen LogP contribution < -0.4 is 25.6 Å². The van der Waals surface area contributed by atoms with E-state index < -0.39 is 8.07 Å². The summed E-state index contributed by atoms with van der Waals surface area (Å²) >= 11 is 1.85. The first-order valence-electron chi connectivity index (χ1n) is 21.0. The van der Waals surface area contributed by atoms with Crippen molar-refractivity contribution in [3.63, 3.8) is 0 Å². The Bertz CT molecular complexity index is 3490. The van der Waals surface area contributed by atoms with Crippen LogP contribution in [0.3, 0.4) is 0 Å². The van der Waals surface area contributed by atoms with Crippen LogP contribution in [0.25, 0.3) is 64.3 Å². The molecule has 62 heavy (non-hydrogen) atoms. The summed E-state index contributed by atoms with van der Waals surface area (Å²) in [5, 5.41) is 12.3. The first kappa shape index (κ1) is 36.3. The van der Waals surface area contributed by atoms with E-state index in [1.54, 1.807) is 0 Å². The van der Waals surface area contributed by atoms with Gasteiger partial charge in [0.2, 0.25) is 5.89 Å². The molecule has 0 atom stereocenters. The number of benzene rings is 10. The van der Waals surface area contributed by atoms with Crippen LogP contribution >= 0.6 is 11.3 Å². The lowest BCUT2D eigenvalue weighted by atomic mass is 10.00. The van der Waals surface area contributed by atoms with Crippen molar-refractivity contribution in [3.05, 3.63) is 231 Å². The maximum Gasteiger partial charge on any atom is 0.227 e. The number of thiophene rings is 1. The lowest BCUT2D eigenvalue weighted by Gasteiger charge is -2.35. The van der Waals surface area contributed by atoms with Crippen molar-refractivity contribution < 1.29 is 4.42 Å². The smallest absolute Gasteiger partial charge is 0.227 e. The summed E-state index contributed by atoms with van der Waals surface area (Å²) in [7, 11) is -2.83. The van der Waals surface area contributed by atoms with Gasteiger partial charge in [-0.1, -0.05) is 164 Å². The number of aromatic nitrogens is 1. The standard InChI is InChI=1S/C57H38N2OSSi/c1-5-16-41(17-6-1)57-58-52-34-31-40-29-28-39-30-32-43(37-50(39)55(40)56(52)60-57)59(44-33-35-54-51(38-44)49-26-13-14-27-53(49)61-54)42-18-15-25-48(36-42)62(45-19-7-2-8-20-45,46-21-9-3-10-22-46)47-23-11-4-12-24-47/h1-38H. The number of oxazole rings is 1. The van der Waals surface area contributed by atoms with Gasteiger partial charge in [-0.25, -0.2) is 4.98 Å². The van der Waals surface area contributed by atoms with Gasteiger partial charge in [0.1, 0.15) is 5.52 Å². The van der Waals surface area contributed by atoms with Crippen molar-refractivity contribution in [2.75, 3.05) is 4.90 Å². The molecule has 0 saturated carbocycles. The third-order valence-corrected chi connectivity index (χ3v) is 18.3. The van der Waals surface area contributed by atoms with E-state index >= 15 is 0 Å². The molecule has 5 heteroatoms. The van der Waals surface area contributed by atoms with Gasteiger partial charge in [0.05, 0.1) is 0 Å². The molecule has 0 aliphatic carbocycles. The molecule has 0 bridgehead atoms. The van der Waals surface area contributed by atoms with Gasteiger partial charge in [0.25, 0.3) is 0 Å². The van der Waals surface area contributed by atoms with Crippen molar-refractivity contribution in [1.29, 1.82) is 0 Å². The molecular weight excluding hydrogens is 789 g/mol. The van der Waals surface area contributed by atoms with Gasteiger partial charge in [-0.3, -0.25) is 0 Å². The van der Waals surface area contributed by atoms with Crippen LogP contribution in [0.5, 0.6) is 0 Å². The average Bonchev–Trinajstić information content (AvgIpc) is 3.95. The summed E-state index contributed by atoms with van der Waals surface area (Å²) in [5.41, 5.74) is 5.86. The van der Waals surface area contributed by atoms with E-state index in [1.165, 1.54) is 40.9 Å². The Morgan fingerprint density at radius 1 is 0.403 bits per heavy atom. The lowest BCUT2D eigenvalue weighted by Crippen LogP contribution is -2.74. The minimum atomic E-state index is -2.83. The Labute approximate surface area is 364 Å². The molecule has 10 aromatic carbocycles. The largest absolute Gasteiger partial charge is 0.435 e. The molecule has 292 valence electrons. The summed E-state index contributed by atoms with van der Waals surface area (Å²) in [6.45, 7) is 0. The van der Waals surface area contributed by atoms with Gasteiger partial charge < -0.3 is 9.32 Å². The van der Waals surface area contributed by atoms with Crippen molar-refractivity contribution in [1.82, 2.24) is 4.98 Å². The Hall–Kier alpha value is -7.57. The maximum absolute atomic E-state index is 6.69. The first-order chi connectivity index (χ1) is 30.7. The maximum atomic E-state index is 6.69. The quantitative estimate of drug-likeness (QED) is 0.0868. The molecule has 12 rings (SSSR count). The van der Waals surface area contributed by atoms with Gasteiger partial charge in [0, 0.05) is 48.2 Å². The zero-order valence-corrected chi connectivity index (χ0v) is 35.5. The topological polar surface area (TPSA) is 29.3 Å². The third-order valence-electron chi connectivity index (χ3n) is 12.4. The van der Waals surface area contributed by atoms with Crippen LogP contribution in [0.15, 0.2) is 235 Å². The van der Waals surface area contributed by atoms with E-state index in [1.807, 2.05) is 41.7 Å². The minimum absolute atomic E-state index is 0.624. The minimum Gasteiger partial charge on any atom is -0.435 e. The summed E-state index contributed by atoms with van der Waals surface area (Å²) in [5.74, 6) is 0.624. The van der Waals surface area contributed by atoms with Gasteiger partial charge in [-0.2, -0.15) is 0 Å². The molecule has 0 amide bonds. The van der Waals surface area contributed by atoms with Gasteiger partial charge in [-0.05, 0) is 104 Å². The van der Waals surface area contributed by atoms with E-state index in [4.69, 9.17) is 9.40 Å². The third kappa shape index (κ3) is 5.89. The molecule has 0 radical (unpaired) electrons. The van der Waals surface area contributed by atoms with E-state index in [9.17, 15) is 0 Å². The highest BCUT2D eigenvalue weighted by Crippen LogP contribution is 2.43. The second-order valence-corrected chi connectivity index (χ2v) is 20.8. The molecule has 0 N–H and O–H groups in total. The molecule has 0 unspecified atom stereocenters. The van der Waals surface area contributed by atoms with E-state index in [-0.39, 0.29) is 0 Å². The second-order valence-electron chi connectivity index (χ2n) is 15.9. The molecule has 0 fully saturated rings. The zero-order valence-electron chi connectivity index (χ0n) is 33.7. The number of anilines is 3. The highest BCUT2D eigenvalue weighted by molar-refractivity contribution is 7.25. The van der Waals surface area contributed by atoms with Crippen LogP contribution in [0.4, 0.5) is 17.1 Å². The summed E-state index contributed by atoms with van der Waals surface area (Å²) < 4.78 is 9.25. The summed E-state index contributed by atoms with van der Waals surface area (Å²) in [6.07, 6.45) is 0. The molecular formula is C57H38N2OSSi. The van der Waals surface area contributed by atoms with Crippen molar-refractivity contribution in [2.45, 2.75) is 0 Å². The molecule has 3 nitrogen and oxygen atoms in total. The molecule has 0 saturated heterocycles. The number of hydrogen-bond acceptors (Lipinski definition) is 4. The Balaban J connectivity index is 1.13. The molecule has 2 aromatic heterocycles. The Morgan fingerprint density at radius 2 is 0.935 bits per heavy atom. The number of nitrogens with zero attached hydrogens (tertiary/aromatic N) is 2. The zero-order chi connectivity index (χ0) is 41.0. The predicted molar refractivity (Wildman–Crippen MR) is 266 cm³/mol. The molecule has 0 aliphatic heterocycles.